The summed E-state index contributed by atoms with van der Waals surface area (Å²) in [7, 11) is 0. The first kappa shape index (κ1) is 12.9. The van der Waals surface area contributed by atoms with Crippen LogP contribution in [-0.4, -0.2) is 17.9 Å². The summed E-state index contributed by atoms with van der Waals surface area (Å²) in [6, 6.07) is 8.25. The van der Waals surface area contributed by atoms with E-state index in [1.165, 1.54) is 31.2 Å². The molecule has 0 bridgehead atoms. The highest BCUT2D eigenvalue weighted by Gasteiger charge is 2.36. The first-order valence-corrected chi connectivity index (χ1v) is 7.59. The van der Waals surface area contributed by atoms with Crippen LogP contribution in [0.3, 0.4) is 0 Å². The van der Waals surface area contributed by atoms with Gasteiger partial charge in [0, 0.05) is 5.56 Å². The van der Waals surface area contributed by atoms with Gasteiger partial charge in [0.2, 0.25) is 0 Å². The molecule has 1 N–H and O–H groups in total. The van der Waals surface area contributed by atoms with Crippen LogP contribution in [0.2, 0.25) is 0 Å². The van der Waals surface area contributed by atoms with Crippen molar-refractivity contribution < 1.29 is 4.79 Å². The topological polar surface area (TPSA) is 29.1 Å². The molecule has 2 fully saturated rings. The van der Waals surface area contributed by atoms with Crippen LogP contribution < -0.4 is 5.32 Å². The van der Waals surface area contributed by atoms with Crippen LogP contribution in [0.4, 0.5) is 0 Å². The SMILES string of the molecule is CC1(C(=O)c2ccccc2C2CCC2)CCCCN1. The fourth-order valence-electron chi connectivity index (χ4n) is 3.33. The van der Waals surface area contributed by atoms with E-state index in [4.69, 9.17) is 0 Å². The first-order chi connectivity index (χ1) is 9.21. The van der Waals surface area contributed by atoms with Gasteiger partial charge in [-0.25, -0.2) is 0 Å². The third kappa shape index (κ3) is 2.34. The van der Waals surface area contributed by atoms with Gasteiger partial charge in [-0.05, 0) is 57.1 Å². The van der Waals surface area contributed by atoms with E-state index in [1.807, 2.05) is 12.1 Å². The van der Waals surface area contributed by atoms with E-state index in [2.05, 4.69) is 24.4 Å². The molecule has 0 amide bonds. The molecule has 2 nitrogen and oxygen atoms in total. The van der Waals surface area contributed by atoms with Crippen LogP contribution >= 0.6 is 0 Å². The number of hydrogen-bond donors (Lipinski definition) is 1. The highest BCUT2D eigenvalue weighted by atomic mass is 16.1. The molecule has 1 aliphatic heterocycles. The van der Waals surface area contributed by atoms with Crippen molar-refractivity contribution in [2.45, 2.75) is 56.9 Å². The molecule has 1 atom stereocenters. The van der Waals surface area contributed by atoms with E-state index in [9.17, 15) is 4.79 Å². The van der Waals surface area contributed by atoms with E-state index in [0.717, 1.165) is 24.9 Å². The molecular weight excluding hydrogens is 234 g/mol. The number of piperidine rings is 1. The fraction of sp³-hybridized carbons (Fsp3) is 0.588. The first-order valence-electron chi connectivity index (χ1n) is 7.59. The maximum atomic E-state index is 12.9. The lowest BCUT2D eigenvalue weighted by Crippen LogP contribution is -2.52. The molecule has 19 heavy (non-hydrogen) atoms. The van der Waals surface area contributed by atoms with Gasteiger partial charge in [0.05, 0.1) is 5.54 Å². The highest BCUT2D eigenvalue weighted by molar-refractivity contribution is 6.04. The van der Waals surface area contributed by atoms with Gasteiger partial charge in [-0.3, -0.25) is 4.79 Å². The quantitative estimate of drug-likeness (QED) is 0.837. The molecule has 1 aromatic rings. The van der Waals surface area contributed by atoms with Crippen molar-refractivity contribution in [3.63, 3.8) is 0 Å². The monoisotopic (exact) mass is 257 g/mol. The number of nitrogens with one attached hydrogen (secondary N) is 1. The predicted octanol–water partition coefficient (Wildman–Crippen LogP) is 3.67. The predicted molar refractivity (Wildman–Crippen MR) is 77.6 cm³/mol. The smallest absolute Gasteiger partial charge is 0.182 e. The van der Waals surface area contributed by atoms with Gasteiger partial charge in [-0.15, -0.1) is 0 Å². The van der Waals surface area contributed by atoms with Gasteiger partial charge in [0.15, 0.2) is 5.78 Å². The lowest BCUT2D eigenvalue weighted by molar-refractivity contribution is 0.0832. The van der Waals surface area contributed by atoms with Gasteiger partial charge >= 0.3 is 0 Å². The van der Waals surface area contributed by atoms with Gasteiger partial charge in [0.1, 0.15) is 0 Å². The van der Waals surface area contributed by atoms with Gasteiger partial charge in [-0.1, -0.05) is 30.7 Å². The van der Waals surface area contributed by atoms with Crippen molar-refractivity contribution in [3.05, 3.63) is 35.4 Å². The molecule has 2 aliphatic rings. The Balaban J connectivity index is 1.90. The normalized spacial score (nSPS) is 27.8. The van der Waals surface area contributed by atoms with Crippen molar-refractivity contribution in [2.24, 2.45) is 0 Å². The molecular formula is C17H23NO. The number of Topliss-reactive ketones (excluding diaryl/α,β-unsaturated/α-hetero) is 1. The van der Waals surface area contributed by atoms with Crippen LogP contribution in [0.15, 0.2) is 24.3 Å². The van der Waals surface area contributed by atoms with E-state index in [-0.39, 0.29) is 5.54 Å². The standard InChI is InChI=1S/C17H23NO/c1-17(11-4-5-12-18-17)16(19)15-10-3-2-9-14(15)13-7-6-8-13/h2-3,9-10,13,18H,4-8,11-12H2,1H3. The number of benzene rings is 1. The van der Waals surface area contributed by atoms with Crippen LogP contribution in [0.5, 0.6) is 0 Å². The Bertz CT molecular complexity index is 470. The summed E-state index contributed by atoms with van der Waals surface area (Å²) in [4.78, 5) is 12.9. The maximum Gasteiger partial charge on any atom is 0.182 e. The summed E-state index contributed by atoms with van der Waals surface area (Å²) in [5, 5.41) is 3.45. The molecule has 3 rings (SSSR count). The number of carbonyl (C=O) groups is 1. The summed E-state index contributed by atoms with van der Waals surface area (Å²) in [5.74, 6) is 0.919. The Kier molecular flexibility index (Phi) is 3.44. The molecule has 1 aromatic carbocycles. The minimum Gasteiger partial charge on any atom is -0.305 e. The second-order valence-electron chi connectivity index (χ2n) is 6.26. The van der Waals surface area contributed by atoms with Crippen LogP contribution in [0, 0.1) is 0 Å². The van der Waals surface area contributed by atoms with Crippen LogP contribution in [0.1, 0.15) is 67.3 Å². The molecule has 0 radical (unpaired) electrons. The summed E-state index contributed by atoms with van der Waals surface area (Å²) in [5.41, 5.74) is 1.90. The third-order valence-corrected chi connectivity index (χ3v) is 4.87. The van der Waals surface area contributed by atoms with Crippen molar-refractivity contribution in [3.8, 4) is 0 Å². The lowest BCUT2D eigenvalue weighted by atomic mass is 9.75. The van der Waals surface area contributed by atoms with Crippen molar-refractivity contribution >= 4 is 5.78 Å². The number of ketones is 1. The molecule has 102 valence electrons. The average molecular weight is 257 g/mol. The van der Waals surface area contributed by atoms with Crippen LogP contribution in [-0.2, 0) is 0 Å². The second-order valence-corrected chi connectivity index (χ2v) is 6.26. The molecule has 1 heterocycles. The lowest BCUT2D eigenvalue weighted by Gasteiger charge is -2.35. The van der Waals surface area contributed by atoms with E-state index < -0.39 is 0 Å². The minimum absolute atomic E-state index is 0.301. The Labute approximate surface area is 115 Å². The fourth-order valence-corrected chi connectivity index (χ4v) is 3.33. The maximum absolute atomic E-state index is 12.9. The summed E-state index contributed by atoms with van der Waals surface area (Å²) >= 11 is 0. The Morgan fingerprint density at radius 1 is 1.21 bits per heavy atom. The second kappa shape index (κ2) is 5.09. The molecule has 0 aromatic heterocycles. The van der Waals surface area contributed by atoms with Gasteiger partial charge in [-0.2, -0.15) is 0 Å². The van der Waals surface area contributed by atoms with E-state index in [0.29, 0.717) is 11.7 Å². The zero-order chi connectivity index (χ0) is 13.3. The van der Waals surface area contributed by atoms with E-state index in [1.54, 1.807) is 0 Å². The molecule has 1 saturated carbocycles. The zero-order valence-electron chi connectivity index (χ0n) is 11.7. The summed E-state index contributed by atoms with van der Waals surface area (Å²) in [6.07, 6.45) is 7.10. The Hall–Kier alpha value is -1.15. The molecule has 2 heteroatoms. The highest BCUT2D eigenvalue weighted by Crippen LogP contribution is 2.39. The van der Waals surface area contributed by atoms with Crippen molar-refractivity contribution in [2.75, 3.05) is 6.54 Å². The zero-order valence-corrected chi connectivity index (χ0v) is 11.7. The molecule has 1 aliphatic carbocycles. The number of rotatable bonds is 3. The van der Waals surface area contributed by atoms with Gasteiger partial charge in [0.25, 0.3) is 0 Å². The number of hydrogen-bond acceptors (Lipinski definition) is 2. The van der Waals surface area contributed by atoms with Crippen molar-refractivity contribution in [1.82, 2.24) is 5.32 Å². The Morgan fingerprint density at radius 3 is 2.63 bits per heavy atom. The summed E-state index contributed by atoms with van der Waals surface area (Å²) < 4.78 is 0. The third-order valence-electron chi connectivity index (χ3n) is 4.87. The summed E-state index contributed by atoms with van der Waals surface area (Å²) in [6.45, 7) is 3.04. The number of carbonyl (C=O) groups excluding carboxylic acids is 1. The largest absolute Gasteiger partial charge is 0.305 e. The average Bonchev–Trinajstić information content (AvgIpc) is 2.37. The molecule has 0 spiro atoms. The molecule has 1 unspecified atom stereocenters. The minimum atomic E-state index is -0.349. The van der Waals surface area contributed by atoms with Crippen LogP contribution in [0.25, 0.3) is 0 Å². The molecule has 1 saturated heterocycles. The Morgan fingerprint density at radius 2 is 2.00 bits per heavy atom. The van der Waals surface area contributed by atoms with E-state index >= 15 is 0 Å². The van der Waals surface area contributed by atoms with Gasteiger partial charge < -0.3 is 5.32 Å². The van der Waals surface area contributed by atoms with Crippen molar-refractivity contribution in [1.29, 1.82) is 0 Å².